The molecule has 0 spiro atoms. The van der Waals surface area contributed by atoms with Crippen LogP contribution < -0.4 is 5.32 Å². The van der Waals surface area contributed by atoms with Gasteiger partial charge < -0.3 is 10.2 Å². The molecule has 0 heterocycles. The second kappa shape index (κ2) is 4.24. The third-order valence-corrected chi connectivity index (χ3v) is 2.72. The average Bonchev–Trinajstić information content (AvgIpc) is 2.70. The number of nitrogens with zero attached hydrogens (tertiary/aromatic N) is 1. The summed E-state index contributed by atoms with van der Waals surface area (Å²) in [5.74, 6) is 0. The summed E-state index contributed by atoms with van der Waals surface area (Å²) in [6, 6.07) is 0. The summed E-state index contributed by atoms with van der Waals surface area (Å²) in [5, 5.41) is 3.29. The van der Waals surface area contributed by atoms with E-state index in [1.165, 1.54) is 38.9 Å². The zero-order chi connectivity index (χ0) is 9.03. The molecule has 0 saturated heterocycles. The molecule has 72 valence electrons. The van der Waals surface area contributed by atoms with Crippen LogP contribution in [0.15, 0.2) is 0 Å². The van der Waals surface area contributed by atoms with Crippen LogP contribution >= 0.6 is 0 Å². The third kappa shape index (κ3) is 2.76. The van der Waals surface area contributed by atoms with E-state index >= 15 is 0 Å². The Bertz CT molecular complexity index is 130. The highest BCUT2D eigenvalue weighted by molar-refractivity contribution is 4.96. The van der Waals surface area contributed by atoms with E-state index in [9.17, 15) is 0 Å². The molecule has 0 bridgehead atoms. The molecule has 2 nitrogen and oxygen atoms in total. The van der Waals surface area contributed by atoms with E-state index < -0.39 is 0 Å². The molecule has 0 aromatic carbocycles. The summed E-state index contributed by atoms with van der Waals surface area (Å²) in [6.07, 6.45) is 4.11. The maximum atomic E-state index is 3.29. The summed E-state index contributed by atoms with van der Waals surface area (Å²) in [5.41, 5.74) is 0.638. The van der Waals surface area contributed by atoms with Gasteiger partial charge in [0.2, 0.25) is 0 Å². The molecule has 1 aliphatic carbocycles. The van der Waals surface area contributed by atoms with E-state index in [0.29, 0.717) is 5.41 Å². The molecule has 1 rings (SSSR count). The minimum Gasteiger partial charge on any atom is -0.319 e. The lowest BCUT2D eigenvalue weighted by molar-refractivity contribution is 0.260. The zero-order valence-electron chi connectivity index (χ0n) is 8.69. The fourth-order valence-electron chi connectivity index (χ4n) is 1.98. The minimum atomic E-state index is 0.638. The van der Waals surface area contributed by atoms with E-state index in [2.05, 4.69) is 31.2 Å². The van der Waals surface area contributed by atoms with Crippen LogP contribution in [-0.4, -0.2) is 38.6 Å². The molecule has 0 aliphatic heterocycles. The van der Waals surface area contributed by atoms with Crippen LogP contribution in [0, 0.1) is 5.41 Å². The molecule has 2 heteroatoms. The molecule has 0 amide bonds. The van der Waals surface area contributed by atoms with Crippen LogP contribution in [0.5, 0.6) is 0 Å². The number of hydrogen-bond donors (Lipinski definition) is 1. The van der Waals surface area contributed by atoms with Crippen LogP contribution in [0.3, 0.4) is 0 Å². The van der Waals surface area contributed by atoms with Gasteiger partial charge in [-0.15, -0.1) is 0 Å². The maximum Gasteiger partial charge on any atom is 0.00471 e. The lowest BCUT2D eigenvalue weighted by Gasteiger charge is -2.22. The highest BCUT2D eigenvalue weighted by atomic mass is 15.1. The Hall–Kier alpha value is -0.0800. The topological polar surface area (TPSA) is 15.3 Å². The van der Waals surface area contributed by atoms with Gasteiger partial charge in [0, 0.05) is 13.1 Å². The fourth-order valence-corrected chi connectivity index (χ4v) is 1.98. The third-order valence-electron chi connectivity index (χ3n) is 2.72. The Labute approximate surface area is 76.3 Å². The van der Waals surface area contributed by atoms with Crippen molar-refractivity contribution in [2.75, 3.05) is 33.7 Å². The van der Waals surface area contributed by atoms with Crippen molar-refractivity contribution >= 4 is 0 Å². The first-order chi connectivity index (χ1) is 5.72. The van der Waals surface area contributed by atoms with Crippen LogP contribution in [0.25, 0.3) is 0 Å². The number of hydrogen-bond acceptors (Lipinski definition) is 2. The van der Waals surface area contributed by atoms with Crippen molar-refractivity contribution < 1.29 is 0 Å². The van der Waals surface area contributed by atoms with Crippen LogP contribution in [-0.2, 0) is 0 Å². The van der Waals surface area contributed by atoms with Crippen molar-refractivity contribution in [3.63, 3.8) is 0 Å². The first-order valence-corrected chi connectivity index (χ1v) is 5.05. The molecular weight excluding hydrogens is 148 g/mol. The monoisotopic (exact) mass is 170 g/mol. The van der Waals surface area contributed by atoms with Crippen LogP contribution in [0.2, 0.25) is 0 Å². The average molecular weight is 170 g/mol. The van der Waals surface area contributed by atoms with Gasteiger partial charge in [0.05, 0.1) is 0 Å². The van der Waals surface area contributed by atoms with Crippen molar-refractivity contribution in [3.05, 3.63) is 0 Å². The normalized spacial score (nSPS) is 20.0. The van der Waals surface area contributed by atoms with E-state index in [-0.39, 0.29) is 0 Å². The van der Waals surface area contributed by atoms with Gasteiger partial charge in [-0.3, -0.25) is 0 Å². The number of nitrogens with one attached hydrogen (secondary N) is 1. The molecule has 0 aromatic heterocycles. The van der Waals surface area contributed by atoms with Gasteiger partial charge in [-0.25, -0.2) is 0 Å². The molecule has 1 fully saturated rings. The highest BCUT2D eigenvalue weighted by Gasteiger charge is 2.42. The van der Waals surface area contributed by atoms with Crippen LogP contribution in [0.1, 0.15) is 26.2 Å². The van der Waals surface area contributed by atoms with Gasteiger partial charge in [0.15, 0.2) is 0 Å². The van der Waals surface area contributed by atoms with E-state index in [1.807, 2.05) is 0 Å². The second-order valence-corrected chi connectivity index (χ2v) is 4.27. The van der Waals surface area contributed by atoms with Gasteiger partial charge in [-0.2, -0.15) is 0 Å². The molecule has 12 heavy (non-hydrogen) atoms. The quantitative estimate of drug-likeness (QED) is 0.647. The summed E-state index contributed by atoms with van der Waals surface area (Å²) >= 11 is 0. The van der Waals surface area contributed by atoms with E-state index in [1.54, 1.807) is 0 Å². The van der Waals surface area contributed by atoms with Gasteiger partial charge in [-0.1, -0.05) is 6.92 Å². The van der Waals surface area contributed by atoms with Gasteiger partial charge in [-0.05, 0) is 45.3 Å². The lowest BCUT2D eigenvalue weighted by atomic mass is 10.1. The molecule has 0 unspecified atom stereocenters. The fraction of sp³-hybridized carbons (Fsp3) is 1.00. The van der Waals surface area contributed by atoms with Crippen LogP contribution in [0.4, 0.5) is 0 Å². The highest BCUT2D eigenvalue weighted by Crippen LogP contribution is 2.45. The minimum absolute atomic E-state index is 0.638. The smallest absolute Gasteiger partial charge is 0.00471 e. The summed E-state index contributed by atoms with van der Waals surface area (Å²) in [7, 11) is 4.29. The van der Waals surface area contributed by atoms with Gasteiger partial charge in [0.25, 0.3) is 0 Å². The Kier molecular flexibility index (Phi) is 3.53. The van der Waals surface area contributed by atoms with E-state index in [4.69, 9.17) is 0 Å². The van der Waals surface area contributed by atoms with Gasteiger partial charge >= 0.3 is 0 Å². The molecule has 0 radical (unpaired) electrons. The summed E-state index contributed by atoms with van der Waals surface area (Å²) in [4.78, 5) is 2.46. The second-order valence-electron chi connectivity index (χ2n) is 4.27. The SMILES string of the molecule is CCCN(C)CC1(CNC)CC1. The largest absolute Gasteiger partial charge is 0.319 e. The van der Waals surface area contributed by atoms with E-state index in [0.717, 1.165) is 0 Å². The van der Waals surface area contributed by atoms with Gasteiger partial charge in [0.1, 0.15) is 0 Å². The molecule has 0 aromatic rings. The Balaban J connectivity index is 2.20. The van der Waals surface area contributed by atoms with Crippen molar-refractivity contribution in [3.8, 4) is 0 Å². The standard InChI is InChI=1S/C10H22N2/c1-4-7-12(3)9-10(5-6-10)8-11-2/h11H,4-9H2,1-3H3. The predicted octanol–water partition coefficient (Wildman–Crippen LogP) is 1.33. The summed E-state index contributed by atoms with van der Waals surface area (Å²) in [6.45, 7) is 5.96. The lowest BCUT2D eigenvalue weighted by Crippen LogP contribution is -2.33. The zero-order valence-corrected chi connectivity index (χ0v) is 8.69. The van der Waals surface area contributed by atoms with Crippen molar-refractivity contribution in [2.24, 2.45) is 5.41 Å². The molecule has 1 saturated carbocycles. The predicted molar refractivity (Wildman–Crippen MR) is 53.4 cm³/mol. The first kappa shape index (κ1) is 10.0. The van der Waals surface area contributed by atoms with Crippen molar-refractivity contribution in [1.29, 1.82) is 0 Å². The van der Waals surface area contributed by atoms with Crippen molar-refractivity contribution in [1.82, 2.24) is 10.2 Å². The molecule has 1 aliphatic rings. The molecule has 0 atom stereocenters. The summed E-state index contributed by atoms with van der Waals surface area (Å²) < 4.78 is 0. The molecular formula is C10H22N2. The Morgan fingerprint density at radius 1 is 1.42 bits per heavy atom. The van der Waals surface area contributed by atoms with Crippen molar-refractivity contribution in [2.45, 2.75) is 26.2 Å². The molecule has 1 N–H and O–H groups in total. The Morgan fingerprint density at radius 3 is 2.50 bits per heavy atom. The first-order valence-electron chi connectivity index (χ1n) is 5.05. The maximum absolute atomic E-state index is 3.29. The number of rotatable bonds is 6. The Morgan fingerprint density at radius 2 is 2.08 bits per heavy atom.